The fourth-order valence-corrected chi connectivity index (χ4v) is 2.22. The first kappa shape index (κ1) is 13.9. The molecule has 3 N–H and O–H groups in total. The molecule has 2 atom stereocenters. The molecule has 4 heteroatoms. The number of aliphatic imine (C=N–C) groups is 1. The lowest BCUT2D eigenvalue weighted by molar-refractivity contribution is 0.144. The Balaban J connectivity index is 1.91. The third kappa shape index (κ3) is 3.96. The van der Waals surface area contributed by atoms with Gasteiger partial charge in [0.15, 0.2) is 5.96 Å². The Kier molecular flexibility index (Phi) is 4.43. The summed E-state index contributed by atoms with van der Waals surface area (Å²) in [5.74, 6) is 0.847. The van der Waals surface area contributed by atoms with Gasteiger partial charge >= 0.3 is 0 Å². The molecule has 0 aromatic heterocycles. The normalized spacial score (nSPS) is 21.4. The summed E-state index contributed by atoms with van der Waals surface area (Å²) in [7, 11) is 0. The predicted octanol–water partition coefficient (Wildman–Crippen LogP) is 1.16. The first-order valence-corrected chi connectivity index (χ1v) is 6.81. The van der Waals surface area contributed by atoms with Gasteiger partial charge in [0.05, 0.1) is 13.2 Å². The number of guanidine groups is 1. The number of benzene rings is 1. The summed E-state index contributed by atoms with van der Waals surface area (Å²) in [5, 5.41) is 16.2. The van der Waals surface area contributed by atoms with Gasteiger partial charge in [0.25, 0.3) is 0 Å². The third-order valence-corrected chi connectivity index (χ3v) is 3.44. The molecule has 104 valence electrons. The van der Waals surface area contributed by atoms with Crippen molar-refractivity contribution >= 4 is 5.96 Å². The van der Waals surface area contributed by atoms with E-state index in [1.807, 2.05) is 18.2 Å². The Morgan fingerprint density at radius 3 is 2.74 bits per heavy atom. The maximum Gasteiger partial charge on any atom is 0.191 e. The third-order valence-electron chi connectivity index (χ3n) is 3.44. The van der Waals surface area contributed by atoms with Gasteiger partial charge in [-0.2, -0.15) is 0 Å². The van der Waals surface area contributed by atoms with Crippen LogP contribution in [-0.2, 0) is 6.42 Å². The van der Waals surface area contributed by atoms with Crippen LogP contribution in [0, 0.1) is 5.41 Å². The van der Waals surface area contributed by atoms with Crippen LogP contribution in [0.15, 0.2) is 35.3 Å². The second kappa shape index (κ2) is 6.06. The Hall–Kier alpha value is -1.55. The number of hydrogen-bond acceptors (Lipinski definition) is 4. The van der Waals surface area contributed by atoms with E-state index in [4.69, 9.17) is 0 Å². The number of nitrogens with one attached hydrogen (secondary N) is 2. The number of hydrogen-bond donors (Lipinski definition) is 3. The molecule has 19 heavy (non-hydrogen) atoms. The van der Waals surface area contributed by atoms with Gasteiger partial charge in [-0.05, 0) is 18.9 Å². The fraction of sp³-hybridized carbons (Fsp3) is 0.533. The summed E-state index contributed by atoms with van der Waals surface area (Å²) < 4.78 is 0. The van der Waals surface area contributed by atoms with E-state index >= 15 is 0 Å². The SMILES string of the molecule is CC1CN=C(NCC(C)(CO)Cc2ccccc2)N1. The predicted molar refractivity (Wildman–Crippen MR) is 78.2 cm³/mol. The Morgan fingerprint density at radius 2 is 2.16 bits per heavy atom. The van der Waals surface area contributed by atoms with E-state index in [2.05, 4.69) is 41.6 Å². The molecule has 2 unspecified atom stereocenters. The highest BCUT2D eigenvalue weighted by Gasteiger charge is 2.25. The van der Waals surface area contributed by atoms with Crippen molar-refractivity contribution in [2.45, 2.75) is 26.3 Å². The standard InChI is InChI=1S/C15H23N3O/c1-12-9-16-14(18-12)17-10-15(2,11-19)8-13-6-4-3-5-7-13/h3-7,12,19H,8-11H2,1-2H3,(H2,16,17,18). The zero-order chi connectivity index (χ0) is 13.7. The van der Waals surface area contributed by atoms with Gasteiger partial charge in [0.2, 0.25) is 0 Å². The molecule has 0 amide bonds. The van der Waals surface area contributed by atoms with Crippen molar-refractivity contribution in [3.8, 4) is 0 Å². The van der Waals surface area contributed by atoms with Crippen LogP contribution in [0.5, 0.6) is 0 Å². The van der Waals surface area contributed by atoms with Crippen LogP contribution in [0.4, 0.5) is 0 Å². The van der Waals surface area contributed by atoms with Crippen LogP contribution in [-0.4, -0.2) is 36.8 Å². The maximum absolute atomic E-state index is 9.67. The molecule has 4 nitrogen and oxygen atoms in total. The Morgan fingerprint density at radius 1 is 1.42 bits per heavy atom. The van der Waals surface area contributed by atoms with Gasteiger partial charge in [0.1, 0.15) is 0 Å². The molecule has 0 radical (unpaired) electrons. The maximum atomic E-state index is 9.67. The van der Waals surface area contributed by atoms with Crippen LogP contribution < -0.4 is 10.6 Å². The van der Waals surface area contributed by atoms with Gasteiger partial charge in [0, 0.05) is 18.0 Å². The lowest BCUT2D eigenvalue weighted by atomic mass is 9.84. The van der Waals surface area contributed by atoms with E-state index in [1.165, 1.54) is 5.56 Å². The molecule has 2 rings (SSSR count). The summed E-state index contributed by atoms with van der Waals surface area (Å²) in [6, 6.07) is 10.7. The van der Waals surface area contributed by atoms with Crippen molar-refractivity contribution in [1.29, 1.82) is 0 Å². The van der Waals surface area contributed by atoms with Crippen molar-refractivity contribution in [1.82, 2.24) is 10.6 Å². The quantitative estimate of drug-likeness (QED) is 0.745. The minimum atomic E-state index is -0.183. The Bertz CT molecular complexity index is 432. The second-order valence-corrected chi connectivity index (χ2v) is 5.72. The van der Waals surface area contributed by atoms with E-state index in [0.29, 0.717) is 12.6 Å². The average Bonchev–Trinajstić information content (AvgIpc) is 2.84. The molecular formula is C15H23N3O. The molecule has 1 aromatic rings. The summed E-state index contributed by atoms with van der Waals surface area (Å²) in [6.07, 6.45) is 0.847. The minimum Gasteiger partial charge on any atom is -0.396 e. The van der Waals surface area contributed by atoms with Crippen molar-refractivity contribution in [2.75, 3.05) is 19.7 Å². The van der Waals surface area contributed by atoms with Gasteiger partial charge in [-0.3, -0.25) is 4.99 Å². The lowest BCUT2D eigenvalue weighted by Gasteiger charge is -2.28. The van der Waals surface area contributed by atoms with E-state index < -0.39 is 0 Å². The lowest BCUT2D eigenvalue weighted by Crippen LogP contribution is -2.44. The van der Waals surface area contributed by atoms with E-state index in [0.717, 1.165) is 18.9 Å². The molecule has 0 aliphatic carbocycles. The van der Waals surface area contributed by atoms with Crippen LogP contribution in [0.1, 0.15) is 19.4 Å². The molecule has 0 saturated heterocycles. The van der Waals surface area contributed by atoms with Crippen molar-refractivity contribution in [3.63, 3.8) is 0 Å². The second-order valence-electron chi connectivity index (χ2n) is 5.72. The van der Waals surface area contributed by atoms with Gasteiger partial charge in [-0.1, -0.05) is 37.3 Å². The highest BCUT2D eigenvalue weighted by Crippen LogP contribution is 2.21. The van der Waals surface area contributed by atoms with Crippen molar-refractivity contribution in [3.05, 3.63) is 35.9 Å². The van der Waals surface area contributed by atoms with Crippen LogP contribution >= 0.6 is 0 Å². The smallest absolute Gasteiger partial charge is 0.191 e. The van der Waals surface area contributed by atoms with Gasteiger partial charge in [-0.15, -0.1) is 0 Å². The molecule has 0 fully saturated rings. The molecule has 1 aromatic carbocycles. The number of rotatable bonds is 5. The molecule has 0 saturated carbocycles. The zero-order valence-corrected chi connectivity index (χ0v) is 11.7. The van der Waals surface area contributed by atoms with Gasteiger partial charge in [-0.25, -0.2) is 0 Å². The first-order valence-electron chi connectivity index (χ1n) is 6.81. The molecule has 0 bridgehead atoms. The highest BCUT2D eigenvalue weighted by molar-refractivity contribution is 5.81. The monoisotopic (exact) mass is 261 g/mol. The van der Waals surface area contributed by atoms with Gasteiger partial charge < -0.3 is 15.7 Å². The van der Waals surface area contributed by atoms with Crippen LogP contribution in [0.3, 0.4) is 0 Å². The molecule has 1 aliphatic rings. The topological polar surface area (TPSA) is 56.7 Å². The van der Waals surface area contributed by atoms with Crippen LogP contribution in [0.25, 0.3) is 0 Å². The Labute approximate surface area is 114 Å². The highest BCUT2D eigenvalue weighted by atomic mass is 16.3. The minimum absolute atomic E-state index is 0.151. The molecule has 0 spiro atoms. The largest absolute Gasteiger partial charge is 0.396 e. The zero-order valence-electron chi connectivity index (χ0n) is 11.7. The van der Waals surface area contributed by atoms with Crippen molar-refractivity contribution in [2.24, 2.45) is 10.4 Å². The molecule has 1 heterocycles. The fourth-order valence-electron chi connectivity index (χ4n) is 2.22. The molecule has 1 aliphatic heterocycles. The van der Waals surface area contributed by atoms with Crippen LogP contribution in [0.2, 0.25) is 0 Å². The summed E-state index contributed by atoms with van der Waals surface area (Å²) in [5.41, 5.74) is 1.06. The number of aliphatic hydroxyl groups excluding tert-OH is 1. The summed E-state index contributed by atoms with van der Waals surface area (Å²) >= 11 is 0. The van der Waals surface area contributed by atoms with Crippen molar-refractivity contribution < 1.29 is 5.11 Å². The molecular weight excluding hydrogens is 238 g/mol. The van der Waals surface area contributed by atoms with E-state index in [9.17, 15) is 5.11 Å². The number of nitrogens with zero attached hydrogens (tertiary/aromatic N) is 1. The average molecular weight is 261 g/mol. The van der Waals surface area contributed by atoms with E-state index in [1.54, 1.807) is 0 Å². The first-order chi connectivity index (χ1) is 9.11. The number of aliphatic hydroxyl groups is 1. The van der Waals surface area contributed by atoms with E-state index in [-0.39, 0.29) is 12.0 Å². The summed E-state index contributed by atoms with van der Waals surface area (Å²) in [6.45, 7) is 5.87. The summed E-state index contributed by atoms with van der Waals surface area (Å²) in [4.78, 5) is 4.37.